The molecule has 0 bridgehead atoms. The lowest BCUT2D eigenvalue weighted by molar-refractivity contribution is -0.140. The lowest BCUT2D eigenvalue weighted by Crippen LogP contribution is -2.42. The van der Waals surface area contributed by atoms with E-state index in [0.717, 1.165) is 25.1 Å². The first-order valence-electron chi connectivity index (χ1n) is 5.43. The van der Waals surface area contributed by atoms with Crippen LogP contribution in [-0.4, -0.2) is 46.2 Å². The molecule has 1 heterocycles. The maximum atomic E-state index is 11.0. The first kappa shape index (κ1) is 11.6. The van der Waals surface area contributed by atoms with Crippen molar-refractivity contribution in [1.29, 1.82) is 0 Å². The Hall–Kier alpha value is 0.130. The van der Waals surface area contributed by atoms with Crippen LogP contribution in [0.15, 0.2) is 0 Å². The van der Waals surface area contributed by atoms with Crippen LogP contribution in [-0.2, 0) is 4.79 Å². The number of thioether (sulfide) groups is 2. The molecule has 5 heteroatoms. The molecule has 0 aromatic rings. The van der Waals surface area contributed by atoms with Gasteiger partial charge in [-0.15, -0.1) is 0 Å². The molecule has 2 rings (SSSR count). The topological polar surface area (TPSA) is 49.3 Å². The molecule has 0 spiro atoms. The largest absolute Gasteiger partial charge is 0.480 e. The Kier molecular flexibility index (Phi) is 4.22. The smallest absolute Gasteiger partial charge is 0.320 e. The Morgan fingerprint density at radius 2 is 2.27 bits per heavy atom. The Labute approximate surface area is 98.8 Å². The quantitative estimate of drug-likeness (QED) is 0.766. The molecule has 1 aliphatic carbocycles. The minimum Gasteiger partial charge on any atom is -0.480 e. The highest BCUT2D eigenvalue weighted by molar-refractivity contribution is 8.06. The second-order valence-corrected chi connectivity index (χ2v) is 6.69. The van der Waals surface area contributed by atoms with E-state index < -0.39 is 5.97 Å². The number of carboxylic acids is 1. The molecule has 86 valence electrons. The van der Waals surface area contributed by atoms with Gasteiger partial charge in [-0.2, -0.15) is 23.5 Å². The zero-order chi connectivity index (χ0) is 10.7. The summed E-state index contributed by atoms with van der Waals surface area (Å²) in [6.45, 7) is 0.852. The Morgan fingerprint density at radius 1 is 1.47 bits per heavy atom. The van der Waals surface area contributed by atoms with Gasteiger partial charge in [0.1, 0.15) is 6.04 Å². The van der Waals surface area contributed by atoms with Crippen molar-refractivity contribution in [2.75, 3.05) is 23.8 Å². The van der Waals surface area contributed by atoms with Gasteiger partial charge in [-0.25, -0.2) is 0 Å². The van der Waals surface area contributed by atoms with Gasteiger partial charge in [0.2, 0.25) is 0 Å². The summed E-state index contributed by atoms with van der Waals surface area (Å²) in [7, 11) is 0. The summed E-state index contributed by atoms with van der Waals surface area (Å²) in [5.41, 5.74) is 0. The predicted octanol–water partition coefficient (Wildman–Crippen LogP) is 1.29. The molecule has 0 amide bonds. The molecular formula is C10H17NO2S2. The SMILES string of the molecule is O=C(O)C(NCC1CSCCS1)C1CC1. The van der Waals surface area contributed by atoms with Crippen molar-refractivity contribution in [2.45, 2.75) is 24.1 Å². The van der Waals surface area contributed by atoms with Crippen LogP contribution in [0.3, 0.4) is 0 Å². The Bertz CT molecular complexity index is 227. The highest BCUT2D eigenvalue weighted by atomic mass is 32.2. The molecule has 2 fully saturated rings. The summed E-state index contributed by atoms with van der Waals surface area (Å²) in [6, 6.07) is -0.294. The fraction of sp³-hybridized carbons (Fsp3) is 0.900. The van der Waals surface area contributed by atoms with Gasteiger partial charge in [0.15, 0.2) is 0 Å². The van der Waals surface area contributed by atoms with Crippen LogP contribution in [0.2, 0.25) is 0 Å². The van der Waals surface area contributed by atoms with Crippen molar-refractivity contribution in [3.63, 3.8) is 0 Å². The molecule has 0 radical (unpaired) electrons. The van der Waals surface area contributed by atoms with Crippen LogP contribution in [0.4, 0.5) is 0 Å². The third-order valence-electron chi connectivity index (χ3n) is 2.81. The second kappa shape index (κ2) is 5.46. The van der Waals surface area contributed by atoms with Gasteiger partial charge in [-0.05, 0) is 18.8 Å². The van der Waals surface area contributed by atoms with Crippen LogP contribution in [0.5, 0.6) is 0 Å². The van der Waals surface area contributed by atoms with Crippen LogP contribution >= 0.6 is 23.5 Å². The van der Waals surface area contributed by atoms with Crippen LogP contribution in [0.1, 0.15) is 12.8 Å². The Morgan fingerprint density at radius 3 is 2.80 bits per heavy atom. The molecule has 0 aromatic heterocycles. The van der Waals surface area contributed by atoms with Gasteiger partial charge in [-0.3, -0.25) is 4.79 Å². The molecule has 2 aliphatic rings. The van der Waals surface area contributed by atoms with Gasteiger partial charge in [0.05, 0.1) is 0 Å². The first-order chi connectivity index (χ1) is 7.27. The molecule has 3 nitrogen and oxygen atoms in total. The minimum atomic E-state index is -0.675. The summed E-state index contributed by atoms with van der Waals surface area (Å²) >= 11 is 3.95. The summed E-state index contributed by atoms with van der Waals surface area (Å²) in [5.74, 6) is 3.33. The lowest BCUT2D eigenvalue weighted by Gasteiger charge is -2.23. The van der Waals surface area contributed by atoms with E-state index in [4.69, 9.17) is 5.11 Å². The number of hydrogen-bond acceptors (Lipinski definition) is 4. The number of nitrogens with one attached hydrogen (secondary N) is 1. The van der Waals surface area contributed by atoms with E-state index in [1.807, 2.05) is 23.5 Å². The maximum absolute atomic E-state index is 11.0. The van der Waals surface area contributed by atoms with Gasteiger partial charge >= 0.3 is 5.97 Å². The van der Waals surface area contributed by atoms with Crippen molar-refractivity contribution < 1.29 is 9.90 Å². The van der Waals surface area contributed by atoms with E-state index in [-0.39, 0.29) is 6.04 Å². The van der Waals surface area contributed by atoms with E-state index in [0.29, 0.717) is 11.2 Å². The second-order valence-electron chi connectivity index (χ2n) is 4.13. The molecule has 1 aliphatic heterocycles. The first-order valence-corrected chi connectivity index (χ1v) is 7.63. The summed E-state index contributed by atoms with van der Waals surface area (Å²) < 4.78 is 0. The van der Waals surface area contributed by atoms with Crippen LogP contribution < -0.4 is 5.32 Å². The molecule has 1 saturated carbocycles. The number of carboxylic acid groups (broad SMARTS) is 1. The molecule has 2 N–H and O–H groups in total. The van der Waals surface area contributed by atoms with Crippen LogP contribution in [0.25, 0.3) is 0 Å². The monoisotopic (exact) mass is 247 g/mol. The van der Waals surface area contributed by atoms with E-state index in [9.17, 15) is 4.79 Å². The fourth-order valence-electron chi connectivity index (χ4n) is 1.80. The van der Waals surface area contributed by atoms with E-state index in [1.165, 1.54) is 11.5 Å². The summed E-state index contributed by atoms with van der Waals surface area (Å²) in [4.78, 5) is 11.0. The normalized spacial score (nSPS) is 28.7. The molecule has 0 aromatic carbocycles. The lowest BCUT2D eigenvalue weighted by atomic mass is 10.2. The highest BCUT2D eigenvalue weighted by Gasteiger charge is 2.36. The van der Waals surface area contributed by atoms with Gasteiger partial charge < -0.3 is 10.4 Å². The average Bonchev–Trinajstić information content (AvgIpc) is 3.03. The molecule has 1 saturated heterocycles. The van der Waals surface area contributed by atoms with Crippen molar-refractivity contribution >= 4 is 29.5 Å². The number of aliphatic carboxylic acids is 1. The average molecular weight is 247 g/mol. The number of rotatable bonds is 5. The van der Waals surface area contributed by atoms with E-state index in [2.05, 4.69) is 5.32 Å². The summed E-state index contributed by atoms with van der Waals surface area (Å²) in [5, 5.41) is 12.9. The molecule has 15 heavy (non-hydrogen) atoms. The molecule has 2 unspecified atom stereocenters. The third kappa shape index (κ3) is 3.57. The van der Waals surface area contributed by atoms with Gasteiger partial charge in [0, 0.05) is 29.1 Å². The van der Waals surface area contributed by atoms with E-state index in [1.54, 1.807) is 0 Å². The fourth-order valence-corrected chi connectivity index (χ4v) is 4.42. The summed E-state index contributed by atoms with van der Waals surface area (Å²) in [6.07, 6.45) is 2.16. The zero-order valence-corrected chi connectivity index (χ0v) is 10.3. The van der Waals surface area contributed by atoms with Crippen LogP contribution in [0, 0.1) is 5.92 Å². The minimum absolute atomic E-state index is 0.294. The van der Waals surface area contributed by atoms with Gasteiger partial charge in [-0.1, -0.05) is 0 Å². The van der Waals surface area contributed by atoms with Crippen molar-refractivity contribution in [3.8, 4) is 0 Å². The van der Waals surface area contributed by atoms with Crippen molar-refractivity contribution in [1.82, 2.24) is 5.32 Å². The molecular weight excluding hydrogens is 230 g/mol. The van der Waals surface area contributed by atoms with E-state index >= 15 is 0 Å². The maximum Gasteiger partial charge on any atom is 0.320 e. The van der Waals surface area contributed by atoms with Gasteiger partial charge in [0.25, 0.3) is 0 Å². The number of carbonyl (C=O) groups is 1. The Balaban J connectivity index is 1.72. The molecule has 2 atom stereocenters. The van der Waals surface area contributed by atoms with Crippen molar-refractivity contribution in [3.05, 3.63) is 0 Å². The third-order valence-corrected chi connectivity index (χ3v) is 5.65. The number of hydrogen-bond donors (Lipinski definition) is 2. The highest BCUT2D eigenvalue weighted by Crippen LogP contribution is 2.33. The standard InChI is InChI=1S/C10H17NO2S2/c12-10(13)9(7-1-2-7)11-5-8-6-14-3-4-15-8/h7-9,11H,1-6H2,(H,12,13). The van der Waals surface area contributed by atoms with Crippen molar-refractivity contribution in [2.24, 2.45) is 5.92 Å². The zero-order valence-electron chi connectivity index (χ0n) is 8.65. The predicted molar refractivity (Wildman–Crippen MR) is 65.7 cm³/mol.